The first-order valence-corrected chi connectivity index (χ1v) is 10.4. The van der Waals surface area contributed by atoms with Gasteiger partial charge in [-0.25, -0.2) is 0 Å². The zero-order valence-electron chi connectivity index (χ0n) is 17.9. The van der Waals surface area contributed by atoms with E-state index >= 15 is 0 Å². The SMILES string of the molecule is COc1ccc(CN(C(=O)COC(=O)CCNC(=O)c2ccccc2C)C2CC2)cc1. The molecule has 0 aromatic heterocycles. The van der Waals surface area contributed by atoms with Crippen molar-refractivity contribution in [2.24, 2.45) is 0 Å². The second-order valence-corrected chi connectivity index (χ2v) is 7.58. The van der Waals surface area contributed by atoms with Crippen LogP contribution in [0, 0.1) is 6.92 Å². The third-order valence-electron chi connectivity index (χ3n) is 5.18. The number of hydrogen-bond acceptors (Lipinski definition) is 5. The summed E-state index contributed by atoms with van der Waals surface area (Å²) in [5, 5.41) is 2.71. The highest BCUT2D eigenvalue weighted by Crippen LogP contribution is 2.28. The first-order valence-electron chi connectivity index (χ1n) is 10.4. The summed E-state index contributed by atoms with van der Waals surface area (Å²) in [5.41, 5.74) is 2.43. The van der Waals surface area contributed by atoms with Gasteiger partial charge < -0.3 is 19.7 Å². The van der Waals surface area contributed by atoms with Crippen LogP contribution in [0.25, 0.3) is 0 Å². The predicted octanol–water partition coefficient (Wildman–Crippen LogP) is 2.86. The van der Waals surface area contributed by atoms with E-state index in [9.17, 15) is 14.4 Å². The minimum atomic E-state index is -0.515. The second kappa shape index (κ2) is 10.6. The minimum Gasteiger partial charge on any atom is -0.497 e. The molecule has 2 amide bonds. The number of esters is 1. The molecule has 1 fully saturated rings. The molecule has 0 heterocycles. The predicted molar refractivity (Wildman–Crippen MR) is 116 cm³/mol. The lowest BCUT2D eigenvalue weighted by Gasteiger charge is -2.22. The summed E-state index contributed by atoms with van der Waals surface area (Å²) in [6.45, 7) is 2.18. The summed E-state index contributed by atoms with van der Waals surface area (Å²) < 4.78 is 10.3. The van der Waals surface area contributed by atoms with Crippen LogP contribution in [-0.4, -0.2) is 49.0 Å². The summed E-state index contributed by atoms with van der Waals surface area (Å²) in [6.07, 6.45) is 1.92. The monoisotopic (exact) mass is 424 g/mol. The molecule has 1 aliphatic rings. The zero-order chi connectivity index (χ0) is 22.2. The molecule has 0 unspecified atom stereocenters. The molecule has 164 valence electrons. The summed E-state index contributed by atoms with van der Waals surface area (Å²) in [5.74, 6) is -0.202. The van der Waals surface area contributed by atoms with Gasteiger partial charge in [0, 0.05) is 24.7 Å². The van der Waals surface area contributed by atoms with Crippen molar-refractivity contribution in [3.8, 4) is 5.75 Å². The number of carbonyl (C=O) groups excluding carboxylic acids is 3. The second-order valence-electron chi connectivity index (χ2n) is 7.58. The average Bonchev–Trinajstić information content (AvgIpc) is 3.61. The quantitative estimate of drug-likeness (QED) is 0.593. The Hall–Kier alpha value is -3.35. The summed E-state index contributed by atoms with van der Waals surface area (Å²) in [7, 11) is 1.61. The Balaban J connectivity index is 1.42. The van der Waals surface area contributed by atoms with Gasteiger partial charge in [0.2, 0.25) is 0 Å². The number of methoxy groups -OCH3 is 1. The van der Waals surface area contributed by atoms with E-state index < -0.39 is 5.97 Å². The van der Waals surface area contributed by atoms with Crippen LogP contribution in [0.1, 0.15) is 40.7 Å². The number of ether oxygens (including phenoxy) is 2. The van der Waals surface area contributed by atoms with Crippen molar-refractivity contribution in [3.63, 3.8) is 0 Å². The van der Waals surface area contributed by atoms with Crippen molar-refractivity contribution in [3.05, 3.63) is 65.2 Å². The number of rotatable bonds is 10. The van der Waals surface area contributed by atoms with Crippen LogP contribution in [0.5, 0.6) is 5.75 Å². The average molecular weight is 424 g/mol. The van der Waals surface area contributed by atoms with Crippen LogP contribution in [0.15, 0.2) is 48.5 Å². The van der Waals surface area contributed by atoms with Crippen LogP contribution in [0.2, 0.25) is 0 Å². The van der Waals surface area contributed by atoms with Crippen LogP contribution >= 0.6 is 0 Å². The van der Waals surface area contributed by atoms with Gasteiger partial charge in [0.15, 0.2) is 6.61 Å². The van der Waals surface area contributed by atoms with E-state index in [4.69, 9.17) is 9.47 Å². The zero-order valence-corrected chi connectivity index (χ0v) is 17.9. The number of nitrogens with zero attached hydrogens (tertiary/aromatic N) is 1. The molecule has 7 nitrogen and oxygen atoms in total. The smallest absolute Gasteiger partial charge is 0.308 e. The first kappa shape index (κ1) is 22.3. The molecule has 0 spiro atoms. The number of carbonyl (C=O) groups is 3. The number of nitrogens with one attached hydrogen (secondary N) is 1. The molecule has 1 saturated carbocycles. The molecule has 7 heteroatoms. The third-order valence-corrected chi connectivity index (χ3v) is 5.18. The van der Waals surface area contributed by atoms with E-state index in [-0.39, 0.29) is 37.4 Å². The van der Waals surface area contributed by atoms with Crippen LogP contribution < -0.4 is 10.1 Å². The van der Waals surface area contributed by atoms with Crippen molar-refractivity contribution in [1.29, 1.82) is 0 Å². The summed E-state index contributed by atoms with van der Waals surface area (Å²) in [6, 6.07) is 15.0. The van der Waals surface area contributed by atoms with E-state index in [1.807, 2.05) is 43.3 Å². The molecular formula is C24H28N2O5. The van der Waals surface area contributed by atoms with Gasteiger partial charge >= 0.3 is 5.97 Å². The van der Waals surface area contributed by atoms with Gasteiger partial charge in [0.25, 0.3) is 11.8 Å². The lowest BCUT2D eigenvalue weighted by molar-refractivity contribution is -0.152. The van der Waals surface area contributed by atoms with Gasteiger partial charge in [0.1, 0.15) is 5.75 Å². The van der Waals surface area contributed by atoms with Crippen LogP contribution in [0.4, 0.5) is 0 Å². The van der Waals surface area contributed by atoms with Gasteiger partial charge in [-0.05, 0) is 49.1 Å². The van der Waals surface area contributed by atoms with Gasteiger partial charge in [-0.15, -0.1) is 0 Å². The van der Waals surface area contributed by atoms with Gasteiger partial charge in [-0.3, -0.25) is 14.4 Å². The van der Waals surface area contributed by atoms with Crippen molar-refractivity contribution < 1.29 is 23.9 Å². The molecule has 0 bridgehead atoms. The molecule has 0 atom stereocenters. The molecule has 0 saturated heterocycles. The lowest BCUT2D eigenvalue weighted by atomic mass is 10.1. The molecule has 1 aliphatic carbocycles. The highest BCUT2D eigenvalue weighted by molar-refractivity contribution is 5.95. The number of aryl methyl sites for hydroxylation is 1. The van der Waals surface area contributed by atoms with Crippen molar-refractivity contribution in [2.75, 3.05) is 20.3 Å². The maximum atomic E-state index is 12.6. The number of hydrogen-bond donors (Lipinski definition) is 1. The maximum Gasteiger partial charge on any atom is 0.308 e. The number of benzene rings is 2. The van der Waals surface area contributed by atoms with E-state index in [0.717, 1.165) is 29.7 Å². The molecule has 1 N–H and O–H groups in total. The Kier molecular flexibility index (Phi) is 7.65. The van der Waals surface area contributed by atoms with Crippen molar-refractivity contribution in [2.45, 2.75) is 38.8 Å². The Labute approximate surface area is 182 Å². The van der Waals surface area contributed by atoms with E-state index in [1.54, 1.807) is 24.1 Å². The fraction of sp³-hybridized carbons (Fsp3) is 0.375. The molecule has 0 aliphatic heterocycles. The minimum absolute atomic E-state index is 0.00676. The van der Waals surface area contributed by atoms with Crippen LogP contribution in [0.3, 0.4) is 0 Å². The Morgan fingerprint density at radius 1 is 1.06 bits per heavy atom. The Bertz CT molecular complexity index is 922. The Morgan fingerprint density at radius 2 is 1.77 bits per heavy atom. The van der Waals surface area contributed by atoms with E-state index in [0.29, 0.717) is 12.1 Å². The fourth-order valence-electron chi connectivity index (χ4n) is 3.23. The molecule has 0 radical (unpaired) electrons. The lowest BCUT2D eigenvalue weighted by Crippen LogP contribution is -2.36. The van der Waals surface area contributed by atoms with Crippen LogP contribution in [-0.2, 0) is 20.9 Å². The third kappa shape index (κ3) is 6.57. The number of amides is 2. The van der Waals surface area contributed by atoms with Gasteiger partial charge in [-0.1, -0.05) is 30.3 Å². The molecular weight excluding hydrogens is 396 g/mol. The van der Waals surface area contributed by atoms with E-state index in [1.165, 1.54) is 0 Å². The highest BCUT2D eigenvalue weighted by Gasteiger charge is 2.32. The fourth-order valence-corrected chi connectivity index (χ4v) is 3.23. The summed E-state index contributed by atoms with van der Waals surface area (Å²) in [4.78, 5) is 38.6. The maximum absolute atomic E-state index is 12.6. The van der Waals surface area contributed by atoms with Gasteiger partial charge in [-0.2, -0.15) is 0 Å². The molecule has 31 heavy (non-hydrogen) atoms. The molecule has 2 aromatic rings. The highest BCUT2D eigenvalue weighted by atomic mass is 16.5. The standard InChI is InChI=1S/C24H28N2O5/c1-17-5-3-4-6-21(17)24(29)25-14-13-23(28)31-16-22(27)26(19-9-10-19)15-18-7-11-20(30-2)12-8-18/h3-8,11-12,19H,9-10,13-16H2,1-2H3,(H,25,29). The van der Waals surface area contributed by atoms with E-state index in [2.05, 4.69) is 5.32 Å². The topological polar surface area (TPSA) is 84.9 Å². The van der Waals surface area contributed by atoms with Crippen molar-refractivity contribution in [1.82, 2.24) is 10.2 Å². The molecule has 3 rings (SSSR count). The summed E-state index contributed by atoms with van der Waals surface area (Å²) >= 11 is 0. The Morgan fingerprint density at radius 3 is 2.42 bits per heavy atom. The van der Waals surface area contributed by atoms with Gasteiger partial charge in [0.05, 0.1) is 13.5 Å². The largest absolute Gasteiger partial charge is 0.497 e. The normalized spacial score (nSPS) is 12.7. The van der Waals surface area contributed by atoms with Crippen molar-refractivity contribution >= 4 is 17.8 Å². The molecule has 2 aromatic carbocycles. The first-order chi connectivity index (χ1) is 15.0.